The molecule has 0 fully saturated rings. The summed E-state index contributed by atoms with van der Waals surface area (Å²) in [7, 11) is 0. The Hall–Kier alpha value is -2.75. The quantitative estimate of drug-likeness (QED) is 0.670. The van der Waals surface area contributed by atoms with Gasteiger partial charge in [0.15, 0.2) is 11.6 Å². The summed E-state index contributed by atoms with van der Waals surface area (Å²) < 4.78 is 56.6. The third-order valence-corrected chi connectivity index (χ3v) is 2.63. The largest absolute Gasteiger partial charge is 0.452 e. The van der Waals surface area contributed by atoms with Crippen LogP contribution in [0.2, 0.25) is 0 Å². The van der Waals surface area contributed by atoms with Crippen LogP contribution >= 0.6 is 0 Å². The second kappa shape index (κ2) is 5.32. The molecule has 108 valence electrons. The van der Waals surface area contributed by atoms with Crippen molar-refractivity contribution < 1.29 is 22.3 Å². The van der Waals surface area contributed by atoms with Gasteiger partial charge in [0.25, 0.3) is 0 Å². The number of nitrogens with zero attached hydrogens (tertiary/aromatic N) is 1. The molecule has 0 aromatic heterocycles. The summed E-state index contributed by atoms with van der Waals surface area (Å²) in [5.74, 6) is -1.18. The highest BCUT2D eigenvalue weighted by Gasteiger charge is 2.33. The van der Waals surface area contributed by atoms with Crippen molar-refractivity contribution in [1.29, 1.82) is 5.26 Å². The zero-order valence-electron chi connectivity index (χ0n) is 10.4. The van der Waals surface area contributed by atoms with Crippen molar-refractivity contribution >= 4 is 5.69 Å². The molecule has 0 aliphatic carbocycles. The van der Waals surface area contributed by atoms with Gasteiger partial charge in [-0.3, -0.25) is 0 Å². The molecule has 3 nitrogen and oxygen atoms in total. The Morgan fingerprint density at radius 3 is 2.43 bits per heavy atom. The molecule has 0 atom stereocenters. The van der Waals surface area contributed by atoms with E-state index in [1.807, 2.05) is 0 Å². The standard InChI is InChI=1S/C14H8F4N2O/c15-11-2-1-3-12(20)13(11)21-9-4-5-10(14(16,17)18)8(6-9)7-19/h1-6H,20H2. The second-order valence-corrected chi connectivity index (χ2v) is 4.08. The summed E-state index contributed by atoms with van der Waals surface area (Å²) in [4.78, 5) is 0. The summed E-state index contributed by atoms with van der Waals surface area (Å²) in [5.41, 5.74) is 3.82. The molecule has 0 unspecified atom stereocenters. The highest BCUT2D eigenvalue weighted by Crippen LogP contribution is 2.36. The van der Waals surface area contributed by atoms with Crippen LogP contribution in [0, 0.1) is 17.1 Å². The van der Waals surface area contributed by atoms with E-state index < -0.39 is 23.1 Å². The van der Waals surface area contributed by atoms with E-state index in [2.05, 4.69) is 0 Å². The summed E-state index contributed by atoms with van der Waals surface area (Å²) >= 11 is 0. The zero-order chi connectivity index (χ0) is 15.6. The first-order chi connectivity index (χ1) is 9.82. The van der Waals surface area contributed by atoms with Crippen molar-refractivity contribution in [2.75, 3.05) is 5.73 Å². The Balaban J connectivity index is 2.42. The molecular weight excluding hydrogens is 288 g/mol. The molecule has 0 spiro atoms. The van der Waals surface area contributed by atoms with Gasteiger partial charge < -0.3 is 10.5 Å². The number of nitrogen functional groups attached to an aromatic ring is 1. The normalized spacial score (nSPS) is 11.0. The van der Waals surface area contributed by atoms with Gasteiger partial charge in [0.1, 0.15) is 5.75 Å². The number of rotatable bonds is 2. The minimum absolute atomic E-state index is 0.00611. The van der Waals surface area contributed by atoms with E-state index in [0.717, 1.165) is 18.2 Å². The van der Waals surface area contributed by atoms with Crippen LogP contribution in [0.25, 0.3) is 0 Å². The van der Waals surface area contributed by atoms with Crippen LogP contribution in [-0.4, -0.2) is 0 Å². The van der Waals surface area contributed by atoms with Gasteiger partial charge >= 0.3 is 6.18 Å². The predicted molar refractivity (Wildman–Crippen MR) is 67.0 cm³/mol. The van der Waals surface area contributed by atoms with Crippen molar-refractivity contribution in [3.63, 3.8) is 0 Å². The molecule has 0 bridgehead atoms. The maximum atomic E-state index is 13.5. The molecule has 7 heteroatoms. The number of halogens is 4. The Bertz CT molecular complexity index is 700. The monoisotopic (exact) mass is 296 g/mol. The van der Waals surface area contributed by atoms with Gasteiger partial charge in [0.05, 0.1) is 22.9 Å². The lowest BCUT2D eigenvalue weighted by molar-refractivity contribution is -0.137. The summed E-state index contributed by atoms with van der Waals surface area (Å²) in [6, 6.07) is 7.86. The smallest absolute Gasteiger partial charge is 0.417 e. The molecule has 2 aromatic rings. The Morgan fingerprint density at radius 2 is 1.86 bits per heavy atom. The number of benzene rings is 2. The van der Waals surface area contributed by atoms with Crippen molar-refractivity contribution in [3.8, 4) is 17.6 Å². The molecule has 0 heterocycles. The molecular formula is C14H8F4N2O. The first-order valence-corrected chi connectivity index (χ1v) is 5.66. The van der Waals surface area contributed by atoms with Crippen LogP contribution in [0.1, 0.15) is 11.1 Å². The molecule has 0 aliphatic heterocycles. The maximum absolute atomic E-state index is 13.5. The Labute approximate surface area is 117 Å². The summed E-state index contributed by atoms with van der Waals surface area (Å²) in [5, 5.41) is 8.78. The van der Waals surface area contributed by atoms with Gasteiger partial charge in [-0.05, 0) is 30.3 Å². The average Bonchev–Trinajstić information content (AvgIpc) is 2.41. The predicted octanol–water partition coefficient (Wildman–Crippen LogP) is 4.09. The minimum Gasteiger partial charge on any atom is -0.452 e. The lowest BCUT2D eigenvalue weighted by Gasteiger charge is -2.12. The molecule has 0 saturated carbocycles. The van der Waals surface area contributed by atoms with Gasteiger partial charge in [-0.2, -0.15) is 18.4 Å². The van der Waals surface area contributed by atoms with E-state index in [0.29, 0.717) is 6.07 Å². The van der Waals surface area contributed by atoms with Crippen LogP contribution < -0.4 is 10.5 Å². The number of alkyl halides is 3. The van der Waals surface area contributed by atoms with E-state index in [9.17, 15) is 17.6 Å². The van der Waals surface area contributed by atoms with Crippen LogP contribution in [-0.2, 0) is 6.18 Å². The highest BCUT2D eigenvalue weighted by molar-refractivity contribution is 5.55. The van der Waals surface area contributed by atoms with Gasteiger partial charge in [-0.15, -0.1) is 0 Å². The van der Waals surface area contributed by atoms with Gasteiger partial charge in [0.2, 0.25) is 0 Å². The third kappa shape index (κ3) is 3.05. The van der Waals surface area contributed by atoms with Crippen LogP contribution in [0.5, 0.6) is 11.5 Å². The number of hydrogen-bond donors (Lipinski definition) is 1. The van der Waals surface area contributed by atoms with Crippen LogP contribution in [0.3, 0.4) is 0 Å². The van der Waals surface area contributed by atoms with Crippen LogP contribution in [0.15, 0.2) is 36.4 Å². The Kier molecular flexibility index (Phi) is 3.72. The fourth-order valence-corrected chi connectivity index (χ4v) is 1.68. The number of nitrogens with two attached hydrogens (primary N) is 1. The van der Waals surface area contributed by atoms with Gasteiger partial charge in [0, 0.05) is 0 Å². The summed E-state index contributed by atoms with van der Waals surface area (Å²) in [6.07, 6.45) is -4.65. The first-order valence-electron chi connectivity index (χ1n) is 5.66. The zero-order valence-corrected chi connectivity index (χ0v) is 10.4. The molecule has 21 heavy (non-hydrogen) atoms. The van der Waals surface area contributed by atoms with Crippen molar-refractivity contribution in [1.82, 2.24) is 0 Å². The molecule has 0 radical (unpaired) electrons. The maximum Gasteiger partial charge on any atom is 0.417 e. The fraction of sp³-hybridized carbons (Fsp3) is 0.0714. The van der Waals surface area contributed by atoms with Crippen LogP contribution in [0.4, 0.5) is 23.2 Å². The highest BCUT2D eigenvalue weighted by atomic mass is 19.4. The lowest BCUT2D eigenvalue weighted by Crippen LogP contribution is -2.07. The summed E-state index contributed by atoms with van der Waals surface area (Å²) in [6.45, 7) is 0. The number of hydrogen-bond acceptors (Lipinski definition) is 3. The van der Waals surface area contributed by atoms with E-state index >= 15 is 0 Å². The fourth-order valence-electron chi connectivity index (χ4n) is 1.68. The first kappa shape index (κ1) is 14.7. The van der Waals surface area contributed by atoms with Crippen molar-refractivity contribution in [2.45, 2.75) is 6.18 Å². The minimum atomic E-state index is -4.65. The molecule has 2 N–H and O–H groups in total. The molecule has 0 aliphatic rings. The number of nitriles is 1. The number of para-hydroxylation sites is 1. The topological polar surface area (TPSA) is 59.0 Å². The lowest BCUT2D eigenvalue weighted by atomic mass is 10.1. The van der Waals surface area contributed by atoms with E-state index in [1.165, 1.54) is 18.2 Å². The van der Waals surface area contributed by atoms with Gasteiger partial charge in [-0.1, -0.05) is 6.07 Å². The number of anilines is 1. The van der Waals surface area contributed by atoms with Gasteiger partial charge in [-0.25, -0.2) is 4.39 Å². The molecule has 0 amide bonds. The SMILES string of the molecule is N#Cc1cc(Oc2c(N)cccc2F)ccc1C(F)(F)F. The van der Waals surface area contributed by atoms with E-state index in [1.54, 1.807) is 0 Å². The molecule has 0 saturated heterocycles. The molecule has 2 rings (SSSR count). The van der Waals surface area contributed by atoms with E-state index in [4.69, 9.17) is 15.7 Å². The molecule has 2 aromatic carbocycles. The van der Waals surface area contributed by atoms with E-state index in [-0.39, 0.29) is 17.2 Å². The number of ether oxygens (including phenoxy) is 1. The van der Waals surface area contributed by atoms with Crippen molar-refractivity contribution in [3.05, 3.63) is 53.3 Å². The Morgan fingerprint density at radius 1 is 1.14 bits per heavy atom. The van der Waals surface area contributed by atoms with Crippen molar-refractivity contribution in [2.24, 2.45) is 0 Å². The second-order valence-electron chi connectivity index (χ2n) is 4.08. The average molecular weight is 296 g/mol. The third-order valence-electron chi connectivity index (χ3n) is 2.63.